The van der Waals surface area contributed by atoms with Crippen LogP contribution in [-0.4, -0.2) is 38.3 Å². The molecular weight excluding hydrogens is 448 g/mol. The van der Waals surface area contributed by atoms with Gasteiger partial charge in [-0.1, -0.05) is 43.0 Å². The smallest absolute Gasteiger partial charge is 0.256 e. The van der Waals surface area contributed by atoms with Gasteiger partial charge in [-0.25, -0.2) is 0 Å². The molecular formula is C24H29ClN2O4S. The van der Waals surface area contributed by atoms with E-state index in [1.165, 1.54) is 58.1 Å². The van der Waals surface area contributed by atoms with E-state index in [0.717, 1.165) is 11.4 Å². The van der Waals surface area contributed by atoms with Gasteiger partial charge in [0.2, 0.25) is 5.91 Å². The van der Waals surface area contributed by atoms with E-state index in [-0.39, 0.29) is 17.6 Å². The maximum atomic E-state index is 13.0. The molecule has 8 heteroatoms. The van der Waals surface area contributed by atoms with Gasteiger partial charge in [0.05, 0.1) is 36.2 Å². The molecule has 0 unspecified atom stereocenters. The van der Waals surface area contributed by atoms with Gasteiger partial charge < -0.3 is 20.1 Å². The van der Waals surface area contributed by atoms with Gasteiger partial charge in [-0.3, -0.25) is 9.59 Å². The van der Waals surface area contributed by atoms with Crippen LogP contribution in [0.5, 0.6) is 11.5 Å². The first-order chi connectivity index (χ1) is 15.5. The highest BCUT2D eigenvalue weighted by atomic mass is 35.5. The Morgan fingerprint density at radius 3 is 2.50 bits per heavy atom. The lowest BCUT2D eigenvalue weighted by atomic mass is 9.89. The zero-order valence-corrected chi connectivity index (χ0v) is 20.0. The van der Waals surface area contributed by atoms with Crippen molar-refractivity contribution in [3.05, 3.63) is 47.0 Å². The fourth-order valence-corrected chi connectivity index (χ4v) is 4.89. The molecule has 2 aromatic rings. The van der Waals surface area contributed by atoms with E-state index in [1.807, 2.05) is 12.1 Å². The number of amides is 2. The first kappa shape index (κ1) is 24.3. The van der Waals surface area contributed by atoms with Crippen LogP contribution in [-0.2, 0) is 4.79 Å². The molecule has 0 atom stereocenters. The summed E-state index contributed by atoms with van der Waals surface area (Å²) in [6.45, 7) is 0.736. The lowest BCUT2D eigenvalue weighted by Crippen LogP contribution is -2.31. The predicted octanol–water partition coefficient (Wildman–Crippen LogP) is 5.40. The summed E-state index contributed by atoms with van der Waals surface area (Å²) in [6.07, 6.45) is 6.18. The Labute approximate surface area is 198 Å². The van der Waals surface area contributed by atoms with Crippen molar-refractivity contribution in [1.82, 2.24) is 5.32 Å². The number of carbonyl (C=O) groups excluding carboxylic acids is 2. The molecule has 0 spiro atoms. The number of nitrogens with one attached hydrogen (secondary N) is 2. The highest BCUT2D eigenvalue weighted by Crippen LogP contribution is 2.36. The normalized spacial score (nSPS) is 14.0. The Bertz CT molecular complexity index is 948. The molecule has 0 radical (unpaired) electrons. The largest absolute Gasteiger partial charge is 0.495 e. The van der Waals surface area contributed by atoms with E-state index in [2.05, 4.69) is 10.6 Å². The molecule has 0 bridgehead atoms. The van der Waals surface area contributed by atoms with Crippen LogP contribution in [0.25, 0.3) is 0 Å². The second-order valence-electron chi connectivity index (χ2n) is 7.73. The van der Waals surface area contributed by atoms with E-state index in [1.54, 1.807) is 24.3 Å². The van der Waals surface area contributed by atoms with Crippen molar-refractivity contribution in [2.75, 3.05) is 31.8 Å². The van der Waals surface area contributed by atoms with Crippen LogP contribution in [0, 0.1) is 5.92 Å². The van der Waals surface area contributed by atoms with Crippen LogP contribution < -0.4 is 20.1 Å². The van der Waals surface area contributed by atoms with Gasteiger partial charge in [0, 0.05) is 17.5 Å². The van der Waals surface area contributed by atoms with Crippen LogP contribution in [0.15, 0.2) is 41.3 Å². The molecule has 1 aliphatic rings. The lowest BCUT2D eigenvalue weighted by Gasteiger charge is -2.21. The summed E-state index contributed by atoms with van der Waals surface area (Å²) in [5, 5.41) is 6.25. The fraction of sp³-hybridized carbons (Fsp3) is 0.417. The van der Waals surface area contributed by atoms with Crippen LogP contribution in [0.3, 0.4) is 0 Å². The predicted molar refractivity (Wildman–Crippen MR) is 129 cm³/mol. The van der Waals surface area contributed by atoms with Crippen molar-refractivity contribution in [2.45, 2.75) is 37.0 Å². The van der Waals surface area contributed by atoms with E-state index in [9.17, 15) is 9.59 Å². The monoisotopic (exact) mass is 476 g/mol. The molecule has 172 valence electrons. The van der Waals surface area contributed by atoms with Gasteiger partial charge in [0.1, 0.15) is 11.5 Å². The summed E-state index contributed by atoms with van der Waals surface area (Å²) in [7, 11) is 3.02. The van der Waals surface area contributed by atoms with Crippen molar-refractivity contribution in [3.63, 3.8) is 0 Å². The molecule has 3 rings (SSSR count). The number of carbonyl (C=O) groups is 2. The molecule has 1 saturated carbocycles. The number of benzene rings is 2. The van der Waals surface area contributed by atoms with Crippen molar-refractivity contribution in [3.8, 4) is 11.5 Å². The molecule has 1 fully saturated rings. The van der Waals surface area contributed by atoms with Gasteiger partial charge in [-0.05, 0) is 37.0 Å². The average molecular weight is 477 g/mol. The Hall–Kier alpha value is -2.38. The molecule has 1 aliphatic carbocycles. The number of thioether (sulfide) groups is 1. The van der Waals surface area contributed by atoms with Crippen LogP contribution in [0.2, 0.25) is 5.02 Å². The molecule has 0 aliphatic heterocycles. The first-order valence-corrected chi connectivity index (χ1v) is 12.1. The Morgan fingerprint density at radius 1 is 1.06 bits per heavy atom. The number of anilines is 1. The zero-order valence-electron chi connectivity index (χ0n) is 18.4. The molecule has 2 amide bonds. The maximum Gasteiger partial charge on any atom is 0.256 e. The van der Waals surface area contributed by atoms with Gasteiger partial charge in [0.15, 0.2) is 0 Å². The number of hydrogen-bond acceptors (Lipinski definition) is 5. The molecule has 0 heterocycles. The molecule has 2 N–H and O–H groups in total. The minimum atomic E-state index is -0.310. The van der Waals surface area contributed by atoms with Crippen molar-refractivity contribution in [2.24, 2.45) is 5.92 Å². The summed E-state index contributed by atoms with van der Waals surface area (Å²) in [6, 6.07) is 10.4. The van der Waals surface area contributed by atoms with Gasteiger partial charge >= 0.3 is 0 Å². The summed E-state index contributed by atoms with van der Waals surface area (Å²) in [5.41, 5.74) is 0.917. The Morgan fingerprint density at radius 2 is 1.78 bits per heavy atom. The van der Waals surface area contributed by atoms with Crippen LogP contribution in [0.4, 0.5) is 5.69 Å². The third kappa shape index (κ3) is 6.56. The van der Waals surface area contributed by atoms with Crippen LogP contribution >= 0.6 is 23.4 Å². The highest BCUT2D eigenvalue weighted by Gasteiger charge is 2.18. The van der Waals surface area contributed by atoms with E-state index < -0.39 is 0 Å². The highest BCUT2D eigenvalue weighted by molar-refractivity contribution is 8.00. The number of methoxy groups -OCH3 is 2. The Kier molecular flexibility index (Phi) is 9.11. The summed E-state index contributed by atoms with van der Waals surface area (Å²) in [5.74, 6) is 1.41. The summed E-state index contributed by atoms with van der Waals surface area (Å²) in [4.78, 5) is 26.1. The number of rotatable bonds is 9. The van der Waals surface area contributed by atoms with Crippen molar-refractivity contribution in [1.29, 1.82) is 0 Å². The molecule has 0 saturated heterocycles. The Balaban J connectivity index is 1.62. The minimum Gasteiger partial charge on any atom is -0.495 e. The van der Waals surface area contributed by atoms with E-state index in [0.29, 0.717) is 33.7 Å². The number of halogens is 1. The molecule has 2 aromatic carbocycles. The third-order valence-corrected chi connectivity index (χ3v) is 6.89. The second-order valence-corrected chi connectivity index (χ2v) is 9.16. The van der Waals surface area contributed by atoms with Crippen molar-refractivity contribution < 1.29 is 19.1 Å². The SMILES string of the molecule is COc1cc(OC)c(NC(=O)c2ccccc2SCC(=O)NCC2CCCCC2)cc1Cl. The van der Waals surface area contributed by atoms with E-state index >= 15 is 0 Å². The van der Waals surface area contributed by atoms with Gasteiger partial charge in [-0.2, -0.15) is 0 Å². The topological polar surface area (TPSA) is 76.7 Å². The van der Waals surface area contributed by atoms with Gasteiger partial charge in [0.25, 0.3) is 5.91 Å². The van der Waals surface area contributed by atoms with Gasteiger partial charge in [-0.15, -0.1) is 11.8 Å². The average Bonchev–Trinajstić information content (AvgIpc) is 2.82. The molecule has 0 aromatic heterocycles. The first-order valence-electron chi connectivity index (χ1n) is 10.7. The summed E-state index contributed by atoms with van der Waals surface area (Å²) >= 11 is 7.56. The lowest BCUT2D eigenvalue weighted by molar-refractivity contribution is -0.118. The second kappa shape index (κ2) is 12.0. The fourth-order valence-electron chi connectivity index (χ4n) is 3.77. The molecule has 32 heavy (non-hydrogen) atoms. The minimum absolute atomic E-state index is 0.0145. The number of hydrogen-bond donors (Lipinski definition) is 2. The van der Waals surface area contributed by atoms with E-state index in [4.69, 9.17) is 21.1 Å². The van der Waals surface area contributed by atoms with Crippen molar-refractivity contribution >= 4 is 40.9 Å². The third-order valence-electron chi connectivity index (χ3n) is 5.53. The zero-order chi connectivity index (χ0) is 22.9. The summed E-state index contributed by atoms with van der Waals surface area (Å²) < 4.78 is 10.6. The van der Waals surface area contributed by atoms with Crippen LogP contribution in [0.1, 0.15) is 42.5 Å². The quantitative estimate of drug-likeness (QED) is 0.474. The standard InChI is InChI=1S/C24H29ClN2O4S/c1-30-20-13-21(31-2)19(12-18(20)25)27-24(29)17-10-6-7-11-22(17)32-15-23(28)26-14-16-8-4-3-5-9-16/h6-7,10-13,16H,3-5,8-9,14-15H2,1-2H3,(H,26,28)(H,27,29). The number of ether oxygens (including phenoxy) is 2. The maximum absolute atomic E-state index is 13.0. The molecule has 6 nitrogen and oxygen atoms in total.